The van der Waals surface area contributed by atoms with Crippen LogP contribution in [-0.2, 0) is 0 Å². The summed E-state index contributed by atoms with van der Waals surface area (Å²) in [5.41, 5.74) is 3.40. The molecule has 4 rings (SSSR count). The topological polar surface area (TPSA) is 131 Å². The van der Waals surface area contributed by atoms with Crippen molar-refractivity contribution in [2.45, 2.75) is 38.8 Å². The number of anilines is 1. The lowest BCUT2D eigenvalue weighted by atomic mass is 9.99. The van der Waals surface area contributed by atoms with Crippen LogP contribution in [0, 0.1) is 13.8 Å². The summed E-state index contributed by atoms with van der Waals surface area (Å²) in [5.74, 6) is -0.859. The molecule has 1 saturated heterocycles. The number of rotatable bonds is 7. The van der Waals surface area contributed by atoms with E-state index in [1.54, 1.807) is 62.4 Å². The first-order valence-corrected chi connectivity index (χ1v) is 13.3. The summed E-state index contributed by atoms with van der Waals surface area (Å²) in [6, 6.07) is 13.8. The Balaban J connectivity index is 1.46. The van der Waals surface area contributed by atoms with Gasteiger partial charge in [0.25, 0.3) is 11.8 Å². The van der Waals surface area contributed by atoms with Crippen LogP contribution in [0.4, 0.5) is 5.69 Å². The predicted molar refractivity (Wildman–Crippen MR) is 155 cm³/mol. The Hall–Kier alpha value is -4.37. The van der Waals surface area contributed by atoms with E-state index in [1.165, 1.54) is 6.07 Å². The van der Waals surface area contributed by atoms with Crippen molar-refractivity contribution in [1.82, 2.24) is 16.0 Å². The number of hydrogen-bond donors (Lipinski definition) is 5. The van der Waals surface area contributed by atoms with E-state index in [1.807, 2.05) is 19.0 Å². The van der Waals surface area contributed by atoms with Crippen LogP contribution in [-0.4, -0.2) is 67.1 Å². The molecule has 2 atom stereocenters. The second kappa shape index (κ2) is 12.2. The van der Waals surface area contributed by atoms with Crippen molar-refractivity contribution in [1.29, 1.82) is 0 Å². The van der Waals surface area contributed by atoms with E-state index < -0.39 is 0 Å². The van der Waals surface area contributed by atoms with Crippen LogP contribution in [0.1, 0.15) is 60.6 Å². The second-order valence-electron chi connectivity index (χ2n) is 10.5. The number of amides is 2. The standard InChI is InChI=1S/C31H36N4O5/c1-18-14-22(15-19(2)28(18)37)31(40)34-26-17-32-13-5-6-25(26)33-30(39)21-9-7-20(8-10-21)29(38)24-16-23(35(3)4)11-12-27(24)36/h7-12,14-16,25-26,32,36-37H,5-6,13,17H2,1-4H3,(H,33,39)(H,34,40)/t25-,26-/m1/s1. The number of carbonyl (C=O) groups excluding carboxylic acids is 3. The summed E-state index contributed by atoms with van der Waals surface area (Å²) >= 11 is 0. The first-order chi connectivity index (χ1) is 19.0. The van der Waals surface area contributed by atoms with Crippen LogP contribution in [0.5, 0.6) is 11.5 Å². The van der Waals surface area contributed by atoms with Gasteiger partial charge in [0.05, 0.1) is 17.6 Å². The lowest BCUT2D eigenvalue weighted by molar-refractivity contribution is 0.0882. The van der Waals surface area contributed by atoms with Crippen LogP contribution in [0.25, 0.3) is 0 Å². The zero-order chi connectivity index (χ0) is 29.0. The van der Waals surface area contributed by atoms with Crippen LogP contribution >= 0.6 is 0 Å². The van der Waals surface area contributed by atoms with E-state index in [-0.39, 0.29) is 46.7 Å². The number of phenolic OH excluding ortho intramolecular Hbond substituents is 2. The molecule has 1 aliphatic heterocycles. The average Bonchev–Trinajstić information content (AvgIpc) is 3.15. The number of aryl methyl sites for hydroxylation is 2. The number of benzene rings is 3. The highest BCUT2D eigenvalue weighted by atomic mass is 16.3. The van der Waals surface area contributed by atoms with Gasteiger partial charge in [-0.15, -0.1) is 0 Å². The molecule has 0 unspecified atom stereocenters. The number of nitrogens with one attached hydrogen (secondary N) is 3. The number of carbonyl (C=O) groups is 3. The van der Waals surface area contributed by atoms with Crippen LogP contribution < -0.4 is 20.9 Å². The smallest absolute Gasteiger partial charge is 0.251 e. The molecule has 0 aliphatic carbocycles. The molecule has 1 aliphatic rings. The molecule has 9 nitrogen and oxygen atoms in total. The summed E-state index contributed by atoms with van der Waals surface area (Å²) in [5, 5.41) is 29.7. The first-order valence-electron chi connectivity index (χ1n) is 13.3. The third kappa shape index (κ3) is 6.43. The Morgan fingerprint density at radius 1 is 0.825 bits per heavy atom. The van der Waals surface area contributed by atoms with Crippen molar-refractivity contribution in [3.63, 3.8) is 0 Å². The molecule has 210 valence electrons. The SMILES string of the molecule is Cc1cc(C(=O)N[C@@H]2CNCCC[C@H]2NC(=O)c2ccc(C(=O)c3cc(N(C)C)ccc3O)cc2)cc(C)c1O. The van der Waals surface area contributed by atoms with Crippen LogP contribution in [0.15, 0.2) is 54.6 Å². The van der Waals surface area contributed by atoms with Gasteiger partial charge in [-0.3, -0.25) is 14.4 Å². The molecule has 0 bridgehead atoms. The maximum absolute atomic E-state index is 13.2. The monoisotopic (exact) mass is 544 g/mol. The number of phenols is 2. The van der Waals surface area contributed by atoms with Gasteiger partial charge in [0.2, 0.25) is 0 Å². The maximum Gasteiger partial charge on any atom is 0.251 e. The third-order valence-corrected chi connectivity index (χ3v) is 7.26. The molecular formula is C31H36N4O5. The fraction of sp³-hybridized carbons (Fsp3) is 0.323. The minimum Gasteiger partial charge on any atom is -0.507 e. The molecule has 0 radical (unpaired) electrons. The van der Waals surface area contributed by atoms with Gasteiger partial charge in [-0.05, 0) is 86.8 Å². The summed E-state index contributed by atoms with van der Waals surface area (Å²) in [4.78, 5) is 41.1. The van der Waals surface area contributed by atoms with Crippen molar-refractivity contribution >= 4 is 23.3 Å². The molecule has 0 spiro atoms. The largest absolute Gasteiger partial charge is 0.507 e. The molecule has 3 aromatic carbocycles. The second-order valence-corrected chi connectivity index (χ2v) is 10.5. The lowest BCUT2D eigenvalue weighted by Crippen LogP contribution is -2.54. The van der Waals surface area contributed by atoms with Gasteiger partial charge in [0, 0.05) is 43.0 Å². The van der Waals surface area contributed by atoms with Gasteiger partial charge in [0.15, 0.2) is 5.78 Å². The van der Waals surface area contributed by atoms with Gasteiger partial charge in [-0.1, -0.05) is 12.1 Å². The molecule has 0 aromatic heterocycles. The van der Waals surface area contributed by atoms with Gasteiger partial charge in [0.1, 0.15) is 11.5 Å². The fourth-order valence-electron chi connectivity index (χ4n) is 4.88. The summed E-state index contributed by atoms with van der Waals surface area (Å²) in [6.45, 7) is 4.76. The van der Waals surface area contributed by atoms with E-state index in [0.717, 1.165) is 18.7 Å². The highest BCUT2D eigenvalue weighted by molar-refractivity contribution is 6.11. The minimum absolute atomic E-state index is 0.106. The van der Waals surface area contributed by atoms with Gasteiger partial charge < -0.3 is 31.1 Å². The number of hydrogen-bond acceptors (Lipinski definition) is 7. The summed E-state index contributed by atoms with van der Waals surface area (Å²) < 4.78 is 0. The van der Waals surface area contributed by atoms with E-state index in [4.69, 9.17) is 0 Å². The highest BCUT2D eigenvalue weighted by Crippen LogP contribution is 2.26. The Morgan fingerprint density at radius 3 is 2.08 bits per heavy atom. The van der Waals surface area contributed by atoms with Gasteiger partial charge in [-0.2, -0.15) is 0 Å². The van der Waals surface area contributed by atoms with Crippen molar-refractivity contribution < 1.29 is 24.6 Å². The molecular weight excluding hydrogens is 508 g/mol. The molecule has 9 heteroatoms. The zero-order valence-electron chi connectivity index (χ0n) is 23.2. The molecule has 1 heterocycles. The van der Waals surface area contributed by atoms with Crippen molar-refractivity contribution in [2.75, 3.05) is 32.1 Å². The summed E-state index contributed by atoms with van der Waals surface area (Å²) in [6.07, 6.45) is 1.51. The van der Waals surface area contributed by atoms with Gasteiger partial charge >= 0.3 is 0 Å². The Morgan fingerprint density at radius 2 is 1.43 bits per heavy atom. The molecule has 1 fully saturated rings. The number of nitrogens with zero attached hydrogens (tertiary/aromatic N) is 1. The Kier molecular flexibility index (Phi) is 8.74. The molecule has 5 N–H and O–H groups in total. The van der Waals surface area contributed by atoms with Crippen molar-refractivity contribution in [3.05, 3.63) is 88.0 Å². The van der Waals surface area contributed by atoms with E-state index in [2.05, 4.69) is 16.0 Å². The highest BCUT2D eigenvalue weighted by Gasteiger charge is 2.28. The molecule has 3 aromatic rings. The minimum atomic E-state index is -0.346. The normalized spacial score (nSPS) is 17.0. The average molecular weight is 545 g/mol. The zero-order valence-corrected chi connectivity index (χ0v) is 23.2. The maximum atomic E-state index is 13.2. The first kappa shape index (κ1) is 28.6. The van der Waals surface area contributed by atoms with E-state index >= 15 is 0 Å². The fourth-order valence-corrected chi connectivity index (χ4v) is 4.88. The van der Waals surface area contributed by atoms with Crippen LogP contribution in [0.3, 0.4) is 0 Å². The van der Waals surface area contributed by atoms with E-state index in [9.17, 15) is 24.6 Å². The third-order valence-electron chi connectivity index (χ3n) is 7.26. The molecule has 40 heavy (non-hydrogen) atoms. The quantitative estimate of drug-likeness (QED) is 0.289. The van der Waals surface area contributed by atoms with Crippen molar-refractivity contribution in [2.24, 2.45) is 0 Å². The number of ketones is 1. The number of aromatic hydroxyl groups is 2. The predicted octanol–water partition coefficient (Wildman–Crippen LogP) is 3.29. The van der Waals surface area contributed by atoms with Crippen LogP contribution in [0.2, 0.25) is 0 Å². The summed E-state index contributed by atoms with van der Waals surface area (Å²) in [7, 11) is 3.70. The van der Waals surface area contributed by atoms with Gasteiger partial charge in [-0.25, -0.2) is 0 Å². The van der Waals surface area contributed by atoms with E-state index in [0.29, 0.717) is 40.8 Å². The molecule has 0 saturated carbocycles. The Labute approximate surface area is 234 Å². The molecule has 2 amide bonds. The van der Waals surface area contributed by atoms with Crippen molar-refractivity contribution in [3.8, 4) is 11.5 Å². The lowest BCUT2D eigenvalue weighted by Gasteiger charge is -2.27. The Bertz CT molecular complexity index is 1390.